The third-order valence-corrected chi connectivity index (χ3v) is 6.39. The van der Waals surface area contributed by atoms with E-state index >= 15 is 0 Å². The lowest BCUT2D eigenvalue weighted by molar-refractivity contribution is 0.0929. The number of hydrogen-bond acceptors (Lipinski definition) is 7. The van der Waals surface area contributed by atoms with Crippen LogP contribution in [0.2, 0.25) is 0 Å². The summed E-state index contributed by atoms with van der Waals surface area (Å²) in [5, 5.41) is 18.4. The van der Waals surface area contributed by atoms with Gasteiger partial charge in [-0.3, -0.25) is 9.78 Å². The van der Waals surface area contributed by atoms with Crippen molar-refractivity contribution in [1.29, 1.82) is 0 Å². The second-order valence-electron chi connectivity index (χ2n) is 8.78. The van der Waals surface area contributed by atoms with Crippen molar-refractivity contribution in [2.24, 2.45) is 0 Å². The second kappa shape index (κ2) is 10.7. The van der Waals surface area contributed by atoms with E-state index in [1.165, 1.54) is 0 Å². The first kappa shape index (κ1) is 23.6. The molecular formula is C27H27FN6O2. The zero-order valence-corrected chi connectivity index (χ0v) is 19.7. The maximum atomic E-state index is 13.7. The minimum atomic E-state index is -0.712. The standard InChI is InChI=1S/C27H27FN6O2/c28-18-23(19-5-2-1-3-6-19)31-24(35)21-7-4-8-22(17-21)32-27(11-15-30-16-12-27)26-34-33-25(36-26)20-9-13-29-14-10-20/h1-10,13-14,17,23,30,32H,11-12,15-16,18H2,(H,31,35)/t23-/m0/s1. The lowest BCUT2D eigenvalue weighted by Crippen LogP contribution is -2.45. The molecule has 0 aliphatic carbocycles. The summed E-state index contributed by atoms with van der Waals surface area (Å²) >= 11 is 0. The zero-order valence-electron chi connectivity index (χ0n) is 19.7. The summed E-state index contributed by atoms with van der Waals surface area (Å²) in [6.45, 7) is 0.853. The molecule has 1 aliphatic heterocycles. The number of aromatic nitrogens is 3. The predicted molar refractivity (Wildman–Crippen MR) is 134 cm³/mol. The average Bonchev–Trinajstić information content (AvgIpc) is 3.45. The Kier molecular flexibility index (Phi) is 6.99. The maximum absolute atomic E-state index is 13.7. The Morgan fingerprint density at radius 1 is 1.03 bits per heavy atom. The monoisotopic (exact) mass is 486 g/mol. The number of piperidine rings is 1. The maximum Gasteiger partial charge on any atom is 0.251 e. The lowest BCUT2D eigenvalue weighted by atomic mass is 9.87. The Hall–Kier alpha value is -4.11. The van der Waals surface area contributed by atoms with Crippen molar-refractivity contribution in [2.45, 2.75) is 24.4 Å². The number of benzene rings is 2. The molecule has 3 heterocycles. The van der Waals surface area contributed by atoms with Crippen molar-refractivity contribution >= 4 is 11.6 Å². The molecular weight excluding hydrogens is 459 g/mol. The first-order chi connectivity index (χ1) is 17.7. The topological polar surface area (TPSA) is 105 Å². The van der Waals surface area contributed by atoms with Gasteiger partial charge in [0.05, 0.1) is 6.04 Å². The fourth-order valence-electron chi connectivity index (χ4n) is 4.43. The molecule has 9 heteroatoms. The second-order valence-corrected chi connectivity index (χ2v) is 8.78. The molecule has 1 aliphatic rings. The average molecular weight is 487 g/mol. The van der Waals surface area contributed by atoms with Crippen LogP contribution in [0, 0.1) is 0 Å². The van der Waals surface area contributed by atoms with Crippen molar-refractivity contribution < 1.29 is 13.6 Å². The van der Waals surface area contributed by atoms with Crippen LogP contribution < -0.4 is 16.0 Å². The summed E-state index contributed by atoms with van der Waals surface area (Å²) in [7, 11) is 0. The first-order valence-electron chi connectivity index (χ1n) is 11.9. The van der Waals surface area contributed by atoms with Gasteiger partial charge in [0.1, 0.15) is 12.2 Å². The number of carbonyl (C=O) groups excluding carboxylic acids is 1. The largest absolute Gasteiger partial charge is 0.418 e. The summed E-state index contributed by atoms with van der Waals surface area (Å²) in [6, 6.07) is 19.2. The normalized spacial score (nSPS) is 15.7. The summed E-state index contributed by atoms with van der Waals surface area (Å²) < 4.78 is 19.8. The van der Waals surface area contributed by atoms with E-state index < -0.39 is 18.3 Å². The molecule has 3 N–H and O–H groups in total. The molecule has 0 radical (unpaired) electrons. The van der Waals surface area contributed by atoms with Gasteiger partial charge in [0.25, 0.3) is 5.91 Å². The molecule has 0 bridgehead atoms. The van der Waals surface area contributed by atoms with Crippen LogP contribution in [-0.2, 0) is 5.54 Å². The van der Waals surface area contributed by atoms with E-state index in [9.17, 15) is 9.18 Å². The van der Waals surface area contributed by atoms with Crippen molar-refractivity contribution in [3.63, 3.8) is 0 Å². The number of carbonyl (C=O) groups is 1. The molecule has 1 amide bonds. The molecule has 0 saturated carbocycles. The van der Waals surface area contributed by atoms with E-state index in [1.807, 2.05) is 36.4 Å². The Labute approximate surface area is 208 Å². The molecule has 1 fully saturated rings. The number of nitrogens with zero attached hydrogens (tertiary/aromatic N) is 3. The van der Waals surface area contributed by atoms with Crippen LogP contribution in [0.4, 0.5) is 10.1 Å². The minimum Gasteiger partial charge on any atom is -0.418 e. The summed E-state index contributed by atoms with van der Waals surface area (Å²) in [6.07, 6.45) is 4.80. The van der Waals surface area contributed by atoms with Crippen molar-refractivity contribution in [3.05, 3.63) is 96.1 Å². The summed E-state index contributed by atoms with van der Waals surface area (Å²) in [4.78, 5) is 17.0. The Morgan fingerprint density at radius 2 is 1.81 bits per heavy atom. The van der Waals surface area contributed by atoms with Gasteiger partial charge in [0, 0.05) is 29.2 Å². The molecule has 0 spiro atoms. The van der Waals surface area contributed by atoms with Crippen molar-refractivity contribution in [3.8, 4) is 11.5 Å². The number of halogens is 1. The van der Waals surface area contributed by atoms with Gasteiger partial charge in [0.2, 0.25) is 11.8 Å². The number of pyridine rings is 1. The van der Waals surface area contributed by atoms with E-state index in [4.69, 9.17) is 4.42 Å². The first-order valence-corrected chi connectivity index (χ1v) is 11.9. The summed E-state index contributed by atoms with van der Waals surface area (Å²) in [5.74, 6) is 0.577. The smallest absolute Gasteiger partial charge is 0.251 e. The van der Waals surface area contributed by atoms with Crippen LogP contribution in [0.3, 0.4) is 0 Å². The van der Waals surface area contributed by atoms with Crippen LogP contribution in [0.15, 0.2) is 83.5 Å². The number of rotatable bonds is 8. The molecule has 4 aromatic rings. The number of anilines is 1. The highest BCUT2D eigenvalue weighted by Gasteiger charge is 2.39. The third-order valence-electron chi connectivity index (χ3n) is 6.39. The Balaban J connectivity index is 1.37. The van der Waals surface area contributed by atoms with Crippen LogP contribution >= 0.6 is 0 Å². The lowest BCUT2D eigenvalue weighted by Gasteiger charge is -2.36. The predicted octanol–water partition coefficient (Wildman–Crippen LogP) is 4.26. The van der Waals surface area contributed by atoms with E-state index in [2.05, 4.69) is 31.1 Å². The van der Waals surface area contributed by atoms with Crippen LogP contribution in [-0.4, -0.2) is 40.9 Å². The molecule has 1 atom stereocenters. The van der Waals surface area contributed by atoms with Gasteiger partial charge in [-0.2, -0.15) is 0 Å². The van der Waals surface area contributed by atoms with Crippen molar-refractivity contribution in [1.82, 2.24) is 25.8 Å². The Morgan fingerprint density at radius 3 is 2.56 bits per heavy atom. The van der Waals surface area contributed by atoms with E-state index in [1.54, 1.807) is 42.7 Å². The van der Waals surface area contributed by atoms with Gasteiger partial charge in [-0.15, -0.1) is 10.2 Å². The minimum absolute atomic E-state index is 0.345. The fraction of sp³-hybridized carbons (Fsp3) is 0.259. The van der Waals surface area contributed by atoms with Crippen LogP contribution in [0.1, 0.15) is 40.7 Å². The van der Waals surface area contributed by atoms with Crippen LogP contribution in [0.25, 0.3) is 11.5 Å². The molecule has 36 heavy (non-hydrogen) atoms. The quantitative estimate of drug-likeness (QED) is 0.342. The molecule has 184 valence electrons. The van der Waals surface area contributed by atoms with Crippen molar-refractivity contribution in [2.75, 3.05) is 25.1 Å². The van der Waals surface area contributed by atoms with Gasteiger partial charge in [-0.1, -0.05) is 36.4 Å². The molecule has 1 saturated heterocycles. The Bertz CT molecular complexity index is 1290. The van der Waals surface area contributed by atoms with Gasteiger partial charge in [0.15, 0.2) is 0 Å². The van der Waals surface area contributed by atoms with E-state index in [-0.39, 0.29) is 5.91 Å². The van der Waals surface area contributed by atoms with Gasteiger partial charge >= 0.3 is 0 Å². The molecule has 2 aromatic carbocycles. The van der Waals surface area contributed by atoms with Crippen LogP contribution in [0.5, 0.6) is 0 Å². The van der Waals surface area contributed by atoms with Gasteiger partial charge in [-0.25, -0.2) is 4.39 Å². The fourth-order valence-corrected chi connectivity index (χ4v) is 4.43. The molecule has 8 nitrogen and oxygen atoms in total. The van der Waals surface area contributed by atoms with Gasteiger partial charge in [-0.05, 0) is 61.8 Å². The number of amides is 1. The summed E-state index contributed by atoms with van der Waals surface area (Å²) in [5.41, 5.74) is 2.10. The SMILES string of the molecule is O=C(N[C@@H](CF)c1ccccc1)c1cccc(NC2(c3nnc(-c4ccncc4)o3)CCNCC2)c1. The third kappa shape index (κ3) is 5.11. The molecule has 0 unspecified atom stereocenters. The molecule has 5 rings (SSSR count). The van der Waals surface area contributed by atoms with Gasteiger partial charge < -0.3 is 20.4 Å². The van der Waals surface area contributed by atoms with E-state index in [0.717, 1.165) is 42.7 Å². The highest BCUT2D eigenvalue weighted by molar-refractivity contribution is 5.95. The number of alkyl halides is 1. The highest BCUT2D eigenvalue weighted by atomic mass is 19.1. The zero-order chi connectivity index (χ0) is 24.8. The number of hydrogen-bond donors (Lipinski definition) is 3. The van der Waals surface area contributed by atoms with E-state index in [0.29, 0.717) is 17.3 Å². The number of nitrogens with one attached hydrogen (secondary N) is 3. The molecule has 2 aromatic heterocycles. The highest BCUT2D eigenvalue weighted by Crippen LogP contribution is 2.35.